The van der Waals surface area contributed by atoms with Crippen molar-refractivity contribution in [2.75, 3.05) is 0 Å². The van der Waals surface area contributed by atoms with Gasteiger partial charge in [0.1, 0.15) is 0 Å². The maximum Gasteiger partial charge on any atom is 0.0655 e. The molecular weight excluding hydrogens is 196 g/mol. The largest absolute Gasteiger partial charge is 0.324 e. The van der Waals surface area contributed by atoms with E-state index in [0.717, 1.165) is 24.8 Å². The molecule has 0 spiro atoms. The lowest BCUT2D eigenvalue weighted by atomic mass is 9.97. The van der Waals surface area contributed by atoms with E-state index < -0.39 is 0 Å². The SMILES string of the molecule is CCC(C#N)CCc1ccc(C(C)N)cc1. The molecule has 0 heterocycles. The fourth-order valence-corrected chi connectivity index (χ4v) is 1.69. The third-order valence-electron chi connectivity index (χ3n) is 2.96. The van der Waals surface area contributed by atoms with Gasteiger partial charge in [-0.3, -0.25) is 0 Å². The molecule has 0 aliphatic heterocycles. The molecule has 0 amide bonds. The van der Waals surface area contributed by atoms with Crippen LogP contribution < -0.4 is 5.73 Å². The molecule has 0 fully saturated rings. The van der Waals surface area contributed by atoms with E-state index in [2.05, 4.69) is 37.3 Å². The molecule has 2 atom stereocenters. The lowest BCUT2D eigenvalue weighted by Gasteiger charge is -2.08. The number of benzene rings is 1. The molecular formula is C14H20N2. The Morgan fingerprint density at radius 1 is 1.31 bits per heavy atom. The van der Waals surface area contributed by atoms with E-state index in [-0.39, 0.29) is 12.0 Å². The van der Waals surface area contributed by atoms with Crippen molar-refractivity contribution in [3.8, 4) is 6.07 Å². The van der Waals surface area contributed by atoms with Crippen LogP contribution in [0.4, 0.5) is 0 Å². The van der Waals surface area contributed by atoms with Gasteiger partial charge in [-0.25, -0.2) is 0 Å². The van der Waals surface area contributed by atoms with E-state index in [1.807, 2.05) is 6.92 Å². The molecule has 2 N–H and O–H groups in total. The minimum atomic E-state index is 0.0940. The van der Waals surface area contributed by atoms with Gasteiger partial charge in [-0.05, 0) is 37.3 Å². The number of aryl methyl sites for hydroxylation is 1. The topological polar surface area (TPSA) is 49.8 Å². The van der Waals surface area contributed by atoms with Crippen molar-refractivity contribution in [1.82, 2.24) is 0 Å². The van der Waals surface area contributed by atoms with Crippen LogP contribution in [-0.4, -0.2) is 0 Å². The van der Waals surface area contributed by atoms with E-state index in [1.165, 1.54) is 5.56 Å². The Morgan fingerprint density at radius 3 is 2.38 bits per heavy atom. The Balaban J connectivity index is 2.53. The second-order valence-electron chi connectivity index (χ2n) is 4.30. The monoisotopic (exact) mass is 216 g/mol. The Bertz CT molecular complexity index is 346. The van der Waals surface area contributed by atoms with Crippen LogP contribution in [0.1, 0.15) is 43.9 Å². The molecule has 0 saturated carbocycles. The van der Waals surface area contributed by atoms with Gasteiger partial charge in [0.15, 0.2) is 0 Å². The standard InChI is InChI=1S/C14H20N2/c1-3-12(10-15)4-5-13-6-8-14(9-7-13)11(2)16/h6-9,11-12H,3-5,16H2,1-2H3. The Labute approximate surface area is 98.1 Å². The first-order chi connectivity index (χ1) is 7.67. The average Bonchev–Trinajstić information content (AvgIpc) is 2.31. The molecule has 0 saturated heterocycles. The molecule has 0 bridgehead atoms. The molecule has 0 aliphatic rings. The van der Waals surface area contributed by atoms with Crippen molar-refractivity contribution >= 4 is 0 Å². The fraction of sp³-hybridized carbons (Fsp3) is 0.500. The Kier molecular flexibility index (Phi) is 5.01. The maximum absolute atomic E-state index is 8.85. The maximum atomic E-state index is 8.85. The van der Waals surface area contributed by atoms with Crippen LogP contribution in [0.2, 0.25) is 0 Å². The molecule has 1 rings (SSSR count). The predicted molar refractivity (Wildman–Crippen MR) is 66.8 cm³/mol. The second-order valence-corrected chi connectivity index (χ2v) is 4.30. The third kappa shape index (κ3) is 3.67. The third-order valence-corrected chi connectivity index (χ3v) is 2.96. The lowest BCUT2D eigenvalue weighted by Crippen LogP contribution is -2.04. The zero-order valence-electron chi connectivity index (χ0n) is 10.1. The van der Waals surface area contributed by atoms with Crippen LogP contribution in [0.15, 0.2) is 24.3 Å². The fourth-order valence-electron chi connectivity index (χ4n) is 1.69. The summed E-state index contributed by atoms with van der Waals surface area (Å²) >= 11 is 0. The minimum Gasteiger partial charge on any atom is -0.324 e. The van der Waals surface area contributed by atoms with Gasteiger partial charge in [-0.15, -0.1) is 0 Å². The van der Waals surface area contributed by atoms with Crippen LogP contribution in [-0.2, 0) is 6.42 Å². The van der Waals surface area contributed by atoms with Crippen molar-refractivity contribution in [2.24, 2.45) is 11.7 Å². The quantitative estimate of drug-likeness (QED) is 0.821. The zero-order valence-corrected chi connectivity index (χ0v) is 10.1. The molecule has 1 aromatic carbocycles. The molecule has 0 aliphatic carbocycles. The number of nitriles is 1. The molecule has 86 valence electrons. The smallest absolute Gasteiger partial charge is 0.0655 e. The number of nitrogens with zero attached hydrogens (tertiary/aromatic N) is 1. The number of hydrogen-bond donors (Lipinski definition) is 1. The van der Waals surface area contributed by atoms with Crippen molar-refractivity contribution in [1.29, 1.82) is 5.26 Å². The van der Waals surface area contributed by atoms with E-state index in [9.17, 15) is 0 Å². The molecule has 0 aromatic heterocycles. The van der Waals surface area contributed by atoms with Crippen LogP contribution in [0.5, 0.6) is 0 Å². The van der Waals surface area contributed by atoms with Crippen LogP contribution in [0.3, 0.4) is 0 Å². The van der Waals surface area contributed by atoms with Gasteiger partial charge in [0.2, 0.25) is 0 Å². The van der Waals surface area contributed by atoms with Gasteiger partial charge in [-0.1, -0.05) is 31.2 Å². The van der Waals surface area contributed by atoms with Gasteiger partial charge in [0.05, 0.1) is 6.07 Å². The molecule has 2 heteroatoms. The summed E-state index contributed by atoms with van der Waals surface area (Å²) in [6, 6.07) is 10.8. The predicted octanol–water partition coefficient (Wildman–Crippen LogP) is 3.19. The summed E-state index contributed by atoms with van der Waals surface area (Å²) in [5, 5.41) is 8.85. The van der Waals surface area contributed by atoms with Crippen molar-refractivity contribution in [2.45, 2.75) is 39.2 Å². The molecule has 2 unspecified atom stereocenters. The van der Waals surface area contributed by atoms with Gasteiger partial charge in [0, 0.05) is 12.0 Å². The average molecular weight is 216 g/mol. The van der Waals surface area contributed by atoms with Crippen molar-refractivity contribution < 1.29 is 0 Å². The summed E-state index contributed by atoms with van der Waals surface area (Å²) in [4.78, 5) is 0. The summed E-state index contributed by atoms with van der Waals surface area (Å²) in [6.07, 6.45) is 2.87. The highest BCUT2D eigenvalue weighted by molar-refractivity contribution is 5.24. The minimum absolute atomic E-state index is 0.0940. The van der Waals surface area contributed by atoms with Crippen molar-refractivity contribution in [3.05, 3.63) is 35.4 Å². The first-order valence-corrected chi connectivity index (χ1v) is 5.91. The summed E-state index contributed by atoms with van der Waals surface area (Å²) < 4.78 is 0. The molecule has 16 heavy (non-hydrogen) atoms. The first kappa shape index (κ1) is 12.7. The van der Waals surface area contributed by atoms with Gasteiger partial charge < -0.3 is 5.73 Å². The molecule has 1 aromatic rings. The van der Waals surface area contributed by atoms with Crippen molar-refractivity contribution in [3.63, 3.8) is 0 Å². The first-order valence-electron chi connectivity index (χ1n) is 5.91. The van der Waals surface area contributed by atoms with E-state index in [0.29, 0.717) is 0 Å². The van der Waals surface area contributed by atoms with E-state index in [4.69, 9.17) is 11.0 Å². The van der Waals surface area contributed by atoms with E-state index >= 15 is 0 Å². The molecule has 2 nitrogen and oxygen atoms in total. The highest BCUT2D eigenvalue weighted by Crippen LogP contribution is 2.15. The lowest BCUT2D eigenvalue weighted by molar-refractivity contribution is 0.584. The summed E-state index contributed by atoms with van der Waals surface area (Å²) in [6.45, 7) is 4.05. The van der Waals surface area contributed by atoms with Gasteiger partial charge in [-0.2, -0.15) is 5.26 Å². The normalized spacial score (nSPS) is 14.1. The summed E-state index contributed by atoms with van der Waals surface area (Å²) in [5.74, 6) is 0.188. The van der Waals surface area contributed by atoms with Crippen LogP contribution in [0, 0.1) is 17.2 Å². The van der Waals surface area contributed by atoms with Crippen LogP contribution >= 0.6 is 0 Å². The zero-order chi connectivity index (χ0) is 12.0. The van der Waals surface area contributed by atoms with Gasteiger partial charge >= 0.3 is 0 Å². The molecule has 0 radical (unpaired) electrons. The Hall–Kier alpha value is -1.33. The van der Waals surface area contributed by atoms with E-state index in [1.54, 1.807) is 0 Å². The number of hydrogen-bond acceptors (Lipinski definition) is 2. The highest BCUT2D eigenvalue weighted by Gasteiger charge is 2.05. The van der Waals surface area contributed by atoms with Crippen LogP contribution in [0.25, 0.3) is 0 Å². The second kappa shape index (κ2) is 6.30. The summed E-state index contributed by atoms with van der Waals surface area (Å²) in [5.41, 5.74) is 8.24. The summed E-state index contributed by atoms with van der Waals surface area (Å²) in [7, 11) is 0. The number of rotatable bonds is 5. The highest BCUT2D eigenvalue weighted by atomic mass is 14.6. The Morgan fingerprint density at radius 2 is 1.94 bits per heavy atom. The number of nitrogens with two attached hydrogens (primary N) is 1. The van der Waals surface area contributed by atoms with Gasteiger partial charge in [0.25, 0.3) is 0 Å².